The predicted octanol–water partition coefficient (Wildman–Crippen LogP) is 3.20. The van der Waals surface area contributed by atoms with E-state index in [9.17, 15) is 23.4 Å². The predicted molar refractivity (Wildman–Crippen MR) is 136 cm³/mol. The Hall–Kier alpha value is -2.96. The highest BCUT2D eigenvalue weighted by Crippen LogP contribution is 2.35. The summed E-state index contributed by atoms with van der Waals surface area (Å²) in [6, 6.07) is 5.03. The summed E-state index contributed by atoms with van der Waals surface area (Å²) in [6.07, 6.45) is 1.44. The van der Waals surface area contributed by atoms with Gasteiger partial charge >= 0.3 is 6.18 Å². The maximum absolute atomic E-state index is 13.4. The number of nitrogens with zero attached hydrogens (tertiary/aromatic N) is 6. The SMILES string of the molecule is OC1(CN2CCCC2)CCN(c2nc(N[C@H]3C[C@@H](O)C3)nc3c2cnn3-c2cccc(C(F)(F)F)c2)CC1. The minimum Gasteiger partial charge on any atom is -0.393 e. The fraction of sp³-hybridized carbons (Fsp3) is 0.577. The molecule has 0 spiro atoms. The Balaban J connectivity index is 1.32. The maximum atomic E-state index is 13.4. The van der Waals surface area contributed by atoms with E-state index in [1.807, 2.05) is 0 Å². The number of hydrogen-bond acceptors (Lipinski definition) is 8. The van der Waals surface area contributed by atoms with Crippen molar-refractivity contribution in [1.82, 2.24) is 24.6 Å². The number of nitrogens with one attached hydrogen (secondary N) is 1. The largest absolute Gasteiger partial charge is 0.416 e. The minimum atomic E-state index is -4.48. The van der Waals surface area contributed by atoms with Crippen LogP contribution in [0.3, 0.4) is 0 Å². The van der Waals surface area contributed by atoms with Gasteiger partial charge in [-0.3, -0.25) is 0 Å². The van der Waals surface area contributed by atoms with Crippen LogP contribution in [0, 0.1) is 0 Å². The molecule has 38 heavy (non-hydrogen) atoms. The van der Waals surface area contributed by atoms with Crippen molar-refractivity contribution in [3.05, 3.63) is 36.0 Å². The summed E-state index contributed by atoms with van der Waals surface area (Å²) in [5.74, 6) is 0.981. The zero-order chi connectivity index (χ0) is 26.5. The van der Waals surface area contributed by atoms with Crippen molar-refractivity contribution in [3.8, 4) is 5.69 Å². The number of rotatable bonds is 6. The molecular weight excluding hydrogens is 499 g/mol. The summed E-state index contributed by atoms with van der Waals surface area (Å²) in [7, 11) is 0. The van der Waals surface area contributed by atoms with Gasteiger partial charge in [0.2, 0.25) is 5.95 Å². The monoisotopic (exact) mass is 531 g/mol. The van der Waals surface area contributed by atoms with Crippen molar-refractivity contribution >= 4 is 22.8 Å². The van der Waals surface area contributed by atoms with E-state index in [2.05, 4.69) is 25.2 Å². The van der Waals surface area contributed by atoms with Crippen LogP contribution in [0.2, 0.25) is 0 Å². The van der Waals surface area contributed by atoms with E-state index in [0.717, 1.165) is 25.2 Å². The highest BCUT2D eigenvalue weighted by atomic mass is 19.4. The number of alkyl halides is 3. The first kappa shape index (κ1) is 25.3. The van der Waals surface area contributed by atoms with E-state index in [4.69, 9.17) is 4.98 Å². The maximum Gasteiger partial charge on any atom is 0.416 e. The fourth-order valence-corrected chi connectivity index (χ4v) is 5.74. The molecule has 3 N–H and O–H groups in total. The molecule has 1 aromatic carbocycles. The Morgan fingerprint density at radius 3 is 2.47 bits per heavy atom. The van der Waals surface area contributed by atoms with E-state index in [1.54, 1.807) is 12.3 Å². The Kier molecular flexibility index (Phi) is 6.43. The van der Waals surface area contributed by atoms with Crippen LogP contribution >= 0.6 is 0 Å². The number of likely N-dealkylation sites (tertiary alicyclic amines) is 1. The summed E-state index contributed by atoms with van der Waals surface area (Å²) >= 11 is 0. The van der Waals surface area contributed by atoms with E-state index >= 15 is 0 Å². The van der Waals surface area contributed by atoms with Gasteiger partial charge in [0.05, 0.1) is 34.5 Å². The summed E-state index contributed by atoms with van der Waals surface area (Å²) in [6.45, 7) is 3.90. The molecule has 3 fully saturated rings. The average molecular weight is 532 g/mol. The molecule has 0 bridgehead atoms. The van der Waals surface area contributed by atoms with Gasteiger partial charge in [0.1, 0.15) is 5.82 Å². The Morgan fingerprint density at radius 1 is 1.05 bits per heavy atom. The summed E-state index contributed by atoms with van der Waals surface area (Å²) in [5, 5.41) is 29.3. The minimum absolute atomic E-state index is 0.0205. The number of halogens is 3. The van der Waals surface area contributed by atoms with Gasteiger partial charge in [-0.25, -0.2) is 4.68 Å². The van der Waals surface area contributed by atoms with Crippen LogP contribution in [-0.4, -0.2) is 85.3 Å². The lowest BCUT2D eigenvalue weighted by molar-refractivity contribution is -0.137. The molecule has 6 rings (SSSR count). The van der Waals surface area contributed by atoms with Crippen molar-refractivity contribution < 1.29 is 23.4 Å². The molecule has 3 aliphatic rings. The Bertz CT molecular complexity index is 1290. The first-order valence-electron chi connectivity index (χ1n) is 13.2. The molecule has 0 unspecified atom stereocenters. The van der Waals surface area contributed by atoms with Gasteiger partial charge in [0.15, 0.2) is 5.65 Å². The van der Waals surface area contributed by atoms with Gasteiger partial charge in [-0.05, 0) is 69.8 Å². The Labute approximate surface area is 218 Å². The fourth-order valence-electron chi connectivity index (χ4n) is 5.74. The van der Waals surface area contributed by atoms with Crippen molar-refractivity contribution in [3.63, 3.8) is 0 Å². The number of hydrogen-bond donors (Lipinski definition) is 3. The van der Waals surface area contributed by atoms with Crippen LogP contribution in [0.1, 0.15) is 44.1 Å². The smallest absolute Gasteiger partial charge is 0.393 e. The molecule has 0 radical (unpaired) electrons. The van der Waals surface area contributed by atoms with Crippen LogP contribution in [-0.2, 0) is 6.18 Å². The number of benzene rings is 1. The van der Waals surface area contributed by atoms with Crippen molar-refractivity contribution in [2.75, 3.05) is 42.9 Å². The summed E-state index contributed by atoms with van der Waals surface area (Å²) < 4.78 is 41.6. The van der Waals surface area contributed by atoms with Gasteiger partial charge in [0.25, 0.3) is 0 Å². The molecule has 2 saturated heterocycles. The number of β-amino-alcohol motifs (C(OH)–C–C–N with tert-alkyl or cyclic N) is 1. The first-order chi connectivity index (χ1) is 18.2. The molecule has 204 valence electrons. The number of piperidine rings is 1. The molecule has 9 nitrogen and oxygen atoms in total. The second kappa shape index (κ2) is 9.65. The molecule has 2 aliphatic heterocycles. The lowest BCUT2D eigenvalue weighted by Crippen LogP contribution is -2.50. The third-order valence-electron chi connectivity index (χ3n) is 7.98. The van der Waals surface area contributed by atoms with Gasteiger partial charge < -0.3 is 25.3 Å². The molecule has 1 saturated carbocycles. The van der Waals surface area contributed by atoms with Gasteiger partial charge in [0, 0.05) is 25.7 Å². The Morgan fingerprint density at radius 2 is 1.79 bits per heavy atom. The second-order valence-corrected chi connectivity index (χ2v) is 10.9. The molecule has 0 atom stereocenters. The number of aromatic nitrogens is 4. The van der Waals surface area contributed by atoms with E-state index in [1.165, 1.54) is 23.6 Å². The lowest BCUT2D eigenvalue weighted by Gasteiger charge is -2.40. The van der Waals surface area contributed by atoms with Crippen LogP contribution < -0.4 is 10.2 Å². The first-order valence-corrected chi connectivity index (χ1v) is 13.2. The number of anilines is 2. The lowest BCUT2D eigenvalue weighted by atomic mass is 9.90. The molecule has 1 aliphatic carbocycles. The topological polar surface area (TPSA) is 103 Å². The third kappa shape index (κ3) is 5.04. The molecular formula is C26H32F3N7O2. The van der Waals surface area contributed by atoms with Crippen LogP contribution in [0.4, 0.5) is 24.9 Å². The van der Waals surface area contributed by atoms with Gasteiger partial charge in [-0.15, -0.1) is 0 Å². The van der Waals surface area contributed by atoms with Gasteiger partial charge in [-0.2, -0.15) is 28.2 Å². The van der Waals surface area contributed by atoms with E-state index < -0.39 is 17.3 Å². The summed E-state index contributed by atoms with van der Waals surface area (Å²) in [5.41, 5.74) is -0.862. The van der Waals surface area contributed by atoms with E-state index in [0.29, 0.717) is 68.1 Å². The number of aliphatic hydroxyl groups excluding tert-OH is 1. The van der Waals surface area contributed by atoms with Crippen molar-refractivity contribution in [2.45, 2.75) is 62.4 Å². The highest BCUT2D eigenvalue weighted by Gasteiger charge is 2.36. The van der Waals surface area contributed by atoms with Crippen LogP contribution in [0.5, 0.6) is 0 Å². The zero-order valence-electron chi connectivity index (χ0n) is 21.0. The molecule has 12 heteroatoms. The second-order valence-electron chi connectivity index (χ2n) is 10.9. The standard InChI is InChI=1S/C26H32F3N7O2/c27-26(28,29)17-4-3-5-19(12-17)36-23-21(15-30-36)22(32-24(33-23)31-18-13-20(37)14-18)35-10-6-25(38,7-11-35)16-34-8-1-2-9-34/h3-5,12,15,18,20,37-38H,1-2,6-11,13-14,16H2,(H,31,32,33)/t18-,20+. The van der Waals surface area contributed by atoms with Crippen LogP contribution in [0.25, 0.3) is 16.7 Å². The summed E-state index contributed by atoms with van der Waals surface area (Å²) in [4.78, 5) is 13.8. The van der Waals surface area contributed by atoms with E-state index in [-0.39, 0.29) is 17.8 Å². The quantitative estimate of drug-likeness (QED) is 0.446. The third-order valence-corrected chi connectivity index (χ3v) is 7.98. The normalized spacial score (nSPS) is 24.1. The number of aliphatic hydroxyl groups is 2. The highest BCUT2D eigenvalue weighted by molar-refractivity contribution is 5.89. The van der Waals surface area contributed by atoms with Gasteiger partial charge in [-0.1, -0.05) is 6.07 Å². The van der Waals surface area contributed by atoms with Crippen LogP contribution in [0.15, 0.2) is 30.5 Å². The molecule has 2 aromatic heterocycles. The van der Waals surface area contributed by atoms with Crippen molar-refractivity contribution in [1.29, 1.82) is 0 Å². The molecule has 3 aromatic rings. The zero-order valence-corrected chi connectivity index (χ0v) is 21.0. The molecule has 4 heterocycles. The molecule has 0 amide bonds. The average Bonchev–Trinajstić information content (AvgIpc) is 3.52. The number of fused-ring (bicyclic) bond motifs is 1. The van der Waals surface area contributed by atoms with Crippen molar-refractivity contribution in [2.24, 2.45) is 0 Å².